The van der Waals surface area contributed by atoms with E-state index in [0.717, 1.165) is 6.42 Å². The van der Waals surface area contributed by atoms with E-state index in [4.69, 9.17) is 9.47 Å². The molecule has 31 heavy (non-hydrogen) atoms. The molecule has 4 rings (SSSR count). The van der Waals surface area contributed by atoms with E-state index in [1.54, 1.807) is 17.0 Å². The van der Waals surface area contributed by atoms with Crippen LogP contribution >= 0.6 is 0 Å². The molecule has 158 valence electrons. The zero-order valence-electron chi connectivity index (χ0n) is 16.3. The van der Waals surface area contributed by atoms with Gasteiger partial charge < -0.3 is 19.5 Å². The van der Waals surface area contributed by atoms with Crippen molar-refractivity contribution in [2.45, 2.75) is 18.9 Å². The largest absolute Gasteiger partial charge is 0.480 e. The smallest absolute Gasteiger partial charge is 0.362 e. The number of carboxylic acid groups (broad SMARTS) is 1. The number of esters is 1. The average Bonchev–Trinajstić information content (AvgIpc) is 3.26. The van der Waals surface area contributed by atoms with Gasteiger partial charge in [0.2, 0.25) is 0 Å². The number of hydrogen-bond acceptors (Lipinski definition) is 7. The van der Waals surface area contributed by atoms with Crippen molar-refractivity contribution in [3.8, 4) is 17.2 Å². The normalized spacial score (nSPS) is 15.5. The molecule has 3 aromatic rings. The number of nitrogens with zero attached hydrogens (tertiary/aromatic N) is 3. The molecule has 2 heterocycles. The van der Waals surface area contributed by atoms with Crippen molar-refractivity contribution < 1.29 is 28.6 Å². The zero-order chi connectivity index (χ0) is 21.8. The molecule has 1 aromatic heterocycles. The first-order chi connectivity index (χ1) is 15.0. The lowest BCUT2D eigenvalue weighted by Gasteiger charge is -2.24. The number of carbonyl (C=O) groups excluding carboxylic acids is 1. The molecule has 1 N–H and O–H groups in total. The molecular weight excluding hydrogens is 405 g/mol. The van der Waals surface area contributed by atoms with Crippen LogP contribution in [0.5, 0.6) is 17.2 Å². The van der Waals surface area contributed by atoms with Crippen LogP contribution in [-0.2, 0) is 4.79 Å². The summed E-state index contributed by atoms with van der Waals surface area (Å²) in [4.78, 5) is 33.4. The molecule has 1 aliphatic heterocycles. The number of aliphatic carboxylic acids is 1. The van der Waals surface area contributed by atoms with Crippen LogP contribution in [0.25, 0.3) is 0 Å². The van der Waals surface area contributed by atoms with E-state index >= 15 is 0 Å². The monoisotopic (exact) mass is 423 g/mol. The van der Waals surface area contributed by atoms with Gasteiger partial charge in [0.1, 0.15) is 35.4 Å². The average molecular weight is 423 g/mol. The molecule has 0 spiro atoms. The van der Waals surface area contributed by atoms with E-state index in [2.05, 4.69) is 9.97 Å². The number of rotatable bonds is 6. The number of carboxylic acids is 1. The lowest BCUT2D eigenvalue weighted by molar-refractivity contribution is -0.138. The second-order valence-corrected chi connectivity index (χ2v) is 6.89. The lowest BCUT2D eigenvalue weighted by atomic mass is 10.2. The third kappa shape index (κ3) is 4.77. The van der Waals surface area contributed by atoms with Crippen LogP contribution in [-0.4, -0.2) is 39.6 Å². The van der Waals surface area contributed by atoms with Gasteiger partial charge in [0.05, 0.1) is 0 Å². The second kappa shape index (κ2) is 8.78. The van der Waals surface area contributed by atoms with Crippen molar-refractivity contribution in [2.24, 2.45) is 0 Å². The Hall–Kier alpha value is -4.01. The Kier molecular flexibility index (Phi) is 5.74. The van der Waals surface area contributed by atoms with Crippen LogP contribution in [0.1, 0.15) is 23.3 Å². The van der Waals surface area contributed by atoms with Crippen LogP contribution in [0.4, 0.5) is 10.1 Å². The fourth-order valence-electron chi connectivity index (χ4n) is 3.38. The molecule has 2 aromatic carbocycles. The highest BCUT2D eigenvalue weighted by atomic mass is 19.1. The molecule has 0 saturated carbocycles. The predicted molar refractivity (Wildman–Crippen MR) is 108 cm³/mol. The van der Waals surface area contributed by atoms with Crippen LogP contribution < -0.4 is 14.4 Å². The van der Waals surface area contributed by atoms with Crippen molar-refractivity contribution in [1.29, 1.82) is 0 Å². The number of hydrogen-bond donors (Lipinski definition) is 1. The van der Waals surface area contributed by atoms with Crippen LogP contribution in [0.3, 0.4) is 0 Å². The molecule has 1 unspecified atom stereocenters. The Morgan fingerprint density at radius 3 is 2.55 bits per heavy atom. The third-order valence-electron chi connectivity index (χ3n) is 4.79. The number of benzene rings is 2. The molecule has 1 aliphatic rings. The molecule has 0 bridgehead atoms. The highest BCUT2D eigenvalue weighted by Gasteiger charge is 2.31. The molecule has 0 amide bonds. The molecule has 1 saturated heterocycles. The summed E-state index contributed by atoms with van der Waals surface area (Å²) < 4.78 is 24.4. The molecule has 1 fully saturated rings. The standard InChI is InChI=1S/C22H18FN3O5/c23-14-3-5-16(6-4-14)30-17-10-15(26-9-1-2-20(26)21(27)28)11-18(12-17)31-22(29)19-7-8-24-13-25-19/h3-8,10-13,20H,1-2,9H2,(H,27,28). The number of carbonyl (C=O) groups is 2. The van der Waals surface area contributed by atoms with Crippen molar-refractivity contribution in [2.75, 3.05) is 11.4 Å². The quantitative estimate of drug-likeness (QED) is 0.473. The summed E-state index contributed by atoms with van der Waals surface area (Å²) in [5.74, 6) is -1.17. The highest BCUT2D eigenvalue weighted by Crippen LogP contribution is 2.35. The van der Waals surface area contributed by atoms with E-state index in [1.165, 1.54) is 48.9 Å². The number of ether oxygens (including phenoxy) is 2. The van der Waals surface area contributed by atoms with Crippen LogP contribution in [0.2, 0.25) is 0 Å². The van der Waals surface area contributed by atoms with E-state index in [1.807, 2.05) is 0 Å². The molecule has 9 heteroatoms. The first-order valence-corrected chi connectivity index (χ1v) is 9.56. The van der Waals surface area contributed by atoms with E-state index in [9.17, 15) is 19.1 Å². The third-order valence-corrected chi connectivity index (χ3v) is 4.79. The Morgan fingerprint density at radius 1 is 1.06 bits per heavy atom. The van der Waals surface area contributed by atoms with Crippen molar-refractivity contribution in [1.82, 2.24) is 9.97 Å². The predicted octanol–water partition coefficient (Wildman–Crippen LogP) is 3.68. The van der Waals surface area contributed by atoms with Gasteiger partial charge in [-0.1, -0.05) is 0 Å². The van der Waals surface area contributed by atoms with Crippen molar-refractivity contribution in [3.05, 3.63) is 72.6 Å². The molecule has 0 aliphatic carbocycles. The van der Waals surface area contributed by atoms with Crippen molar-refractivity contribution in [3.63, 3.8) is 0 Å². The fraction of sp³-hybridized carbons (Fsp3) is 0.182. The maximum Gasteiger partial charge on any atom is 0.362 e. The molecule has 8 nitrogen and oxygen atoms in total. The van der Waals surface area contributed by atoms with Gasteiger partial charge in [-0.15, -0.1) is 0 Å². The lowest BCUT2D eigenvalue weighted by Crippen LogP contribution is -2.35. The van der Waals surface area contributed by atoms with Crippen LogP contribution in [0.15, 0.2) is 61.1 Å². The van der Waals surface area contributed by atoms with Gasteiger partial charge in [-0.05, 0) is 43.2 Å². The summed E-state index contributed by atoms with van der Waals surface area (Å²) in [5.41, 5.74) is 0.612. The molecule has 0 radical (unpaired) electrons. The minimum atomic E-state index is -0.929. The maximum atomic E-state index is 13.2. The highest BCUT2D eigenvalue weighted by molar-refractivity contribution is 5.89. The van der Waals surface area contributed by atoms with Crippen molar-refractivity contribution >= 4 is 17.6 Å². The Bertz CT molecular complexity index is 1090. The van der Waals surface area contributed by atoms with Gasteiger partial charge in [0.15, 0.2) is 5.69 Å². The van der Waals surface area contributed by atoms with Gasteiger partial charge in [0.25, 0.3) is 0 Å². The van der Waals surface area contributed by atoms with Gasteiger partial charge in [-0.3, -0.25) is 0 Å². The first kappa shape index (κ1) is 20.3. The summed E-state index contributed by atoms with van der Waals surface area (Å²) in [7, 11) is 0. The summed E-state index contributed by atoms with van der Waals surface area (Å²) in [6, 6.07) is 10.9. The minimum absolute atomic E-state index is 0.0750. The summed E-state index contributed by atoms with van der Waals surface area (Å²) in [6.07, 6.45) is 3.88. The Morgan fingerprint density at radius 2 is 1.84 bits per heavy atom. The summed E-state index contributed by atoms with van der Waals surface area (Å²) in [5, 5.41) is 9.53. The Balaban J connectivity index is 1.66. The maximum absolute atomic E-state index is 13.2. The summed E-state index contributed by atoms with van der Waals surface area (Å²) >= 11 is 0. The SMILES string of the molecule is O=C(Oc1cc(Oc2ccc(F)cc2)cc(N2CCCC2C(=O)O)c1)c1ccncn1. The van der Waals surface area contributed by atoms with Gasteiger partial charge >= 0.3 is 11.9 Å². The molecule has 1 atom stereocenters. The number of anilines is 1. The number of halogens is 1. The fourth-order valence-corrected chi connectivity index (χ4v) is 3.38. The topological polar surface area (TPSA) is 102 Å². The van der Waals surface area contributed by atoms with Gasteiger partial charge in [-0.2, -0.15) is 0 Å². The van der Waals surface area contributed by atoms with Gasteiger partial charge in [-0.25, -0.2) is 23.9 Å². The van der Waals surface area contributed by atoms with E-state index < -0.39 is 23.8 Å². The van der Waals surface area contributed by atoms with E-state index in [0.29, 0.717) is 30.2 Å². The minimum Gasteiger partial charge on any atom is -0.480 e. The van der Waals surface area contributed by atoms with Gasteiger partial charge in [0, 0.05) is 36.6 Å². The second-order valence-electron chi connectivity index (χ2n) is 6.89. The Labute approximate surface area is 176 Å². The number of aromatic nitrogens is 2. The van der Waals surface area contributed by atoms with Crippen LogP contribution in [0, 0.1) is 5.82 Å². The molecular formula is C22H18FN3O5. The summed E-state index contributed by atoms with van der Waals surface area (Å²) in [6.45, 7) is 0.538. The van der Waals surface area contributed by atoms with E-state index in [-0.39, 0.29) is 11.4 Å². The first-order valence-electron chi connectivity index (χ1n) is 9.56. The zero-order valence-corrected chi connectivity index (χ0v) is 16.3.